The first-order chi connectivity index (χ1) is 8.31. The van der Waals surface area contributed by atoms with Gasteiger partial charge in [0.2, 0.25) is 6.41 Å². The number of ether oxygens (including phenoxy) is 1. The van der Waals surface area contributed by atoms with Gasteiger partial charge in [0.15, 0.2) is 0 Å². The van der Waals surface area contributed by atoms with Gasteiger partial charge in [-0.25, -0.2) is 0 Å². The lowest BCUT2D eigenvalue weighted by molar-refractivity contribution is -0.123. The van der Waals surface area contributed by atoms with Crippen LogP contribution in [0.4, 0.5) is 0 Å². The second-order valence-electron chi connectivity index (χ2n) is 5.85. The van der Waals surface area contributed by atoms with Crippen molar-refractivity contribution in [1.29, 1.82) is 0 Å². The molecule has 3 rings (SSSR count). The van der Waals surface area contributed by atoms with Gasteiger partial charge in [0.05, 0.1) is 13.2 Å². The van der Waals surface area contributed by atoms with E-state index in [2.05, 4.69) is 4.90 Å². The summed E-state index contributed by atoms with van der Waals surface area (Å²) in [5.74, 6) is 0. The summed E-state index contributed by atoms with van der Waals surface area (Å²) in [5, 5.41) is 0. The number of hydrogen-bond donors (Lipinski definition) is 0. The average Bonchev–Trinajstić information content (AvgIpc) is 2.37. The van der Waals surface area contributed by atoms with E-state index in [1.165, 1.54) is 25.7 Å². The summed E-state index contributed by atoms with van der Waals surface area (Å²) in [4.78, 5) is 15.2. The first kappa shape index (κ1) is 11.5. The van der Waals surface area contributed by atoms with Gasteiger partial charge in [0.1, 0.15) is 0 Å². The number of likely N-dealkylation sites (tertiary alicyclic amines) is 1. The normalized spacial score (nSPS) is 30.2. The number of nitrogens with zero attached hydrogens (tertiary/aromatic N) is 2. The van der Waals surface area contributed by atoms with Crippen molar-refractivity contribution in [3.05, 3.63) is 0 Å². The van der Waals surface area contributed by atoms with Crippen LogP contribution in [0.25, 0.3) is 0 Å². The Morgan fingerprint density at radius 1 is 1.06 bits per heavy atom. The number of hydrogen-bond acceptors (Lipinski definition) is 3. The van der Waals surface area contributed by atoms with E-state index in [-0.39, 0.29) is 0 Å². The van der Waals surface area contributed by atoms with Gasteiger partial charge in [-0.2, -0.15) is 0 Å². The van der Waals surface area contributed by atoms with E-state index in [9.17, 15) is 4.79 Å². The van der Waals surface area contributed by atoms with Crippen LogP contribution in [0.3, 0.4) is 0 Å². The third-order valence-corrected chi connectivity index (χ3v) is 4.91. The van der Waals surface area contributed by atoms with Crippen LogP contribution in [0.5, 0.6) is 0 Å². The van der Waals surface area contributed by atoms with Crippen molar-refractivity contribution in [3.8, 4) is 0 Å². The van der Waals surface area contributed by atoms with Crippen LogP contribution in [0.15, 0.2) is 0 Å². The van der Waals surface area contributed by atoms with Gasteiger partial charge in [0.25, 0.3) is 0 Å². The molecule has 17 heavy (non-hydrogen) atoms. The molecule has 3 aliphatic rings. The summed E-state index contributed by atoms with van der Waals surface area (Å²) in [6.07, 6.45) is 6.13. The molecule has 4 nitrogen and oxygen atoms in total. The van der Waals surface area contributed by atoms with Crippen LogP contribution >= 0.6 is 0 Å². The molecule has 96 valence electrons. The maximum absolute atomic E-state index is 10.7. The van der Waals surface area contributed by atoms with Crippen LogP contribution in [0, 0.1) is 5.41 Å². The number of amides is 1. The van der Waals surface area contributed by atoms with E-state index < -0.39 is 0 Å². The van der Waals surface area contributed by atoms with E-state index in [4.69, 9.17) is 4.74 Å². The highest BCUT2D eigenvalue weighted by molar-refractivity contribution is 5.47. The fraction of sp³-hybridized carbons (Fsp3) is 0.923. The monoisotopic (exact) mass is 238 g/mol. The summed E-state index contributed by atoms with van der Waals surface area (Å²) >= 11 is 0. The molecule has 1 aliphatic carbocycles. The number of morpholine rings is 1. The number of carbonyl (C=O) groups excluding carboxylic acids is 1. The zero-order valence-corrected chi connectivity index (χ0v) is 10.4. The van der Waals surface area contributed by atoms with Gasteiger partial charge < -0.3 is 9.64 Å². The Bertz CT molecular complexity index is 273. The van der Waals surface area contributed by atoms with Crippen LogP contribution < -0.4 is 0 Å². The molecule has 4 heteroatoms. The molecule has 3 fully saturated rings. The van der Waals surface area contributed by atoms with Crippen molar-refractivity contribution in [2.24, 2.45) is 5.41 Å². The standard InChI is InChI=1S/C13H22N2O2/c16-11-14-3-1-13(2-4-14)9-12(10-13)15-5-7-17-8-6-15/h11-12H,1-10H2. The highest BCUT2D eigenvalue weighted by atomic mass is 16.5. The lowest BCUT2D eigenvalue weighted by atomic mass is 9.60. The minimum absolute atomic E-state index is 0.572. The molecule has 0 aromatic carbocycles. The van der Waals surface area contributed by atoms with Crippen LogP contribution in [0.1, 0.15) is 25.7 Å². The Morgan fingerprint density at radius 2 is 1.71 bits per heavy atom. The van der Waals surface area contributed by atoms with Crippen LogP contribution in [-0.2, 0) is 9.53 Å². The summed E-state index contributed by atoms with van der Waals surface area (Å²) < 4.78 is 5.40. The van der Waals surface area contributed by atoms with Gasteiger partial charge in [-0.05, 0) is 31.1 Å². The lowest BCUT2D eigenvalue weighted by Crippen LogP contribution is -2.56. The largest absolute Gasteiger partial charge is 0.379 e. The third kappa shape index (κ3) is 2.20. The molecule has 0 N–H and O–H groups in total. The van der Waals surface area contributed by atoms with Gasteiger partial charge in [-0.15, -0.1) is 0 Å². The van der Waals surface area contributed by atoms with Gasteiger partial charge >= 0.3 is 0 Å². The number of carbonyl (C=O) groups is 1. The molecule has 2 heterocycles. The Morgan fingerprint density at radius 3 is 2.29 bits per heavy atom. The summed E-state index contributed by atoms with van der Waals surface area (Å²) in [6, 6.07) is 0.793. The third-order valence-electron chi connectivity index (χ3n) is 4.91. The summed E-state index contributed by atoms with van der Waals surface area (Å²) in [6.45, 7) is 5.98. The molecule has 0 bridgehead atoms. The predicted molar refractivity (Wildman–Crippen MR) is 64.7 cm³/mol. The molecular formula is C13H22N2O2. The average molecular weight is 238 g/mol. The fourth-order valence-corrected chi connectivity index (χ4v) is 3.65. The molecule has 0 aromatic rings. The number of rotatable bonds is 2. The van der Waals surface area contributed by atoms with Crippen molar-refractivity contribution in [2.75, 3.05) is 39.4 Å². The van der Waals surface area contributed by atoms with Gasteiger partial charge in [-0.1, -0.05) is 0 Å². The quantitative estimate of drug-likeness (QED) is 0.665. The maximum atomic E-state index is 10.7. The van der Waals surface area contributed by atoms with E-state index in [0.717, 1.165) is 51.8 Å². The Kier molecular flexibility index (Phi) is 3.09. The van der Waals surface area contributed by atoms with E-state index >= 15 is 0 Å². The summed E-state index contributed by atoms with van der Waals surface area (Å²) in [7, 11) is 0. The zero-order chi connectivity index (χ0) is 11.7. The Labute approximate surface area is 103 Å². The smallest absolute Gasteiger partial charge is 0.209 e. The minimum Gasteiger partial charge on any atom is -0.379 e. The molecule has 0 unspecified atom stereocenters. The lowest BCUT2D eigenvalue weighted by Gasteiger charge is -2.55. The Hall–Kier alpha value is -0.610. The SMILES string of the molecule is O=CN1CCC2(CC1)CC(N1CCOCC1)C2. The minimum atomic E-state index is 0.572. The van der Waals surface area contributed by atoms with Crippen molar-refractivity contribution in [2.45, 2.75) is 31.7 Å². The molecule has 1 saturated carbocycles. The molecule has 0 radical (unpaired) electrons. The van der Waals surface area contributed by atoms with E-state index in [1.54, 1.807) is 0 Å². The first-order valence-corrected chi connectivity index (χ1v) is 6.83. The maximum Gasteiger partial charge on any atom is 0.209 e. The highest BCUT2D eigenvalue weighted by Gasteiger charge is 2.47. The van der Waals surface area contributed by atoms with E-state index in [0.29, 0.717) is 5.41 Å². The van der Waals surface area contributed by atoms with Crippen LogP contribution in [0.2, 0.25) is 0 Å². The predicted octanol–water partition coefficient (Wildman–Crippen LogP) is 0.720. The van der Waals surface area contributed by atoms with Gasteiger partial charge in [-0.3, -0.25) is 9.69 Å². The molecule has 1 amide bonds. The van der Waals surface area contributed by atoms with Gasteiger partial charge in [0, 0.05) is 32.2 Å². The fourth-order valence-electron chi connectivity index (χ4n) is 3.65. The Balaban J connectivity index is 1.48. The molecular weight excluding hydrogens is 216 g/mol. The van der Waals surface area contributed by atoms with Crippen molar-refractivity contribution in [1.82, 2.24) is 9.80 Å². The first-order valence-electron chi connectivity index (χ1n) is 6.83. The van der Waals surface area contributed by atoms with Crippen molar-refractivity contribution >= 4 is 6.41 Å². The summed E-state index contributed by atoms with van der Waals surface area (Å²) in [5.41, 5.74) is 0.572. The number of piperidine rings is 1. The molecule has 1 spiro atoms. The van der Waals surface area contributed by atoms with Crippen LogP contribution in [-0.4, -0.2) is 61.6 Å². The van der Waals surface area contributed by atoms with Crippen molar-refractivity contribution in [3.63, 3.8) is 0 Å². The van der Waals surface area contributed by atoms with E-state index in [1.807, 2.05) is 4.90 Å². The molecule has 0 aromatic heterocycles. The highest BCUT2D eigenvalue weighted by Crippen LogP contribution is 2.50. The molecule has 2 saturated heterocycles. The topological polar surface area (TPSA) is 32.8 Å². The second kappa shape index (κ2) is 4.58. The van der Waals surface area contributed by atoms with Crippen molar-refractivity contribution < 1.29 is 9.53 Å². The second-order valence-corrected chi connectivity index (χ2v) is 5.85. The zero-order valence-electron chi connectivity index (χ0n) is 10.4. The molecule has 2 aliphatic heterocycles. The molecule has 0 atom stereocenters.